The van der Waals surface area contributed by atoms with Crippen molar-refractivity contribution in [1.29, 1.82) is 0 Å². The van der Waals surface area contributed by atoms with Gasteiger partial charge in [-0.1, -0.05) is 12.1 Å². The number of fused-ring (bicyclic) bond motifs is 1. The zero-order valence-electron chi connectivity index (χ0n) is 14.1. The number of H-pyrrole nitrogens is 1. The highest BCUT2D eigenvalue weighted by Gasteiger charge is 2.28. The number of hydrogen-bond acceptors (Lipinski definition) is 4. The Bertz CT molecular complexity index is 934. The van der Waals surface area contributed by atoms with E-state index < -0.39 is 0 Å². The summed E-state index contributed by atoms with van der Waals surface area (Å²) in [6, 6.07) is 9.55. The van der Waals surface area contributed by atoms with Gasteiger partial charge in [-0.25, -0.2) is 9.97 Å². The Balaban J connectivity index is 1.71. The van der Waals surface area contributed by atoms with Crippen molar-refractivity contribution in [3.05, 3.63) is 47.9 Å². The van der Waals surface area contributed by atoms with Crippen LogP contribution in [-0.4, -0.2) is 50.1 Å². The van der Waals surface area contributed by atoms with Crippen LogP contribution in [0.1, 0.15) is 28.9 Å². The number of hydrogen-bond donors (Lipinski definition) is 2. The van der Waals surface area contributed by atoms with Crippen molar-refractivity contribution in [3.8, 4) is 11.1 Å². The maximum absolute atomic E-state index is 12.8. The highest BCUT2D eigenvalue weighted by molar-refractivity contribution is 5.96. The molecule has 0 saturated carbocycles. The van der Waals surface area contributed by atoms with Crippen LogP contribution in [0.5, 0.6) is 0 Å². The summed E-state index contributed by atoms with van der Waals surface area (Å²) in [6.07, 6.45) is 3.43. The van der Waals surface area contributed by atoms with Gasteiger partial charge in [0.05, 0.1) is 24.5 Å². The van der Waals surface area contributed by atoms with Gasteiger partial charge in [0, 0.05) is 23.4 Å². The number of aryl methyl sites for hydroxylation is 1. The summed E-state index contributed by atoms with van der Waals surface area (Å²) < 4.78 is 0. The molecule has 1 fully saturated rings. The van der Waals surface area contributed by atoms with E-state index in [0.29, 0.717) is 17.8 Å². The lowest BCUT2D eigenvalue weighted by atomic mass is 10.0. The largest absolute Gasteiger partial charge is 0.394 e. The van der Waals surface area contributed by atoms with Gasteiger partial charge in [-0.3, -0.25) is 4.79 Å². The summed E-state index contributed by atoms with van der Waals surface area (Å²) in [5.74, 6) is -0.0216. The maximum Gasteiger partial charge on any atom is 0.254 e. The van der Waals surface area contributed by atoms with E-state index in [1.54, 1.807) is 11.2 Å². The lowest BCUT2D eigenvalue weighted by Gasteiger charge is -2.23. The summed E-state index contributed by atoms with van der Waals surface area (Å²) in [5.41, 5.74) is 5.01. The average molecular weight is 336 g/mol. The van der Waals surface area contributed by atoms with E-state index in [0.717, 1.165) is 35.2 Å². The Hall–Kier alpha value is -2.73. The molecule has 0 unspecified atom stereocenters. The number of carbonyl (C=O) groups is 1. The number of rotatable bonds is 3. The van der Waals surface area contributed by atoms with Crippen LogP contribution in [0.25, 0.3) is 22.3 Å². The fourth-order valence-corrected chi connectivity index (χ4v) is 3.53. The fraction of sp³-hybridized carbons (Fsp3) is 0.316. The number of likely N-dealkylation sites (tertiary alicyclic amines) is 1. The Morgan fingerprint density at radius 1 is 1.40 bits per heavy atom. The van der Waals surface area contributed by atoms with Gasteiger partial charge in [0.1, 0.15) is 0 Å². The molecule has 1 aromatic carbocycles. The second-order valence-electron chi connectivity index (χ2n) is 6.45. The Morgan fingerprint density at radius 2 is 2.28 bits per heavy atom. The van der Waals surface area contributed by atoms with Crippen LogP contribution in [0.15, 0.2) is 36.7 Å². The van der Waals surface area contributed by atoms with E-state index in [1.165, 1.54) is 0 Å². The molecule has 0 bridgehead atoms. The van der Waals surface area contributed by atoms with Crippen molar-refractivity contribution in [2.24, 2.45) is 0 Å². The number of pyridine rings is 1. The van der Waals surface area contributed by atoms with Gasteiger partial charge in [-0.2, -0.15) is 0 Å². The minimum atomic E-state index is -0.0686. The number of nitrogens with zero attached hydrogens (tertiary/aromatic N) is 3. The van der Waals surface area contributed by atoms with E-state index in [1.807, 2.05) is 37.3 Å². The zero-order valence-corrected chi connectivity index (χ0v) is 14.1. The number of carbonyl (C=O) groups excluding carboxylic acids is 1. The fourth-order valence-electron chi connectivity index (χ4n) is 3.53. The molecule has 1 atom stereocenters. The molecule has 1 aliphatic rings. The van der Waals surface area contributed by atoms with Gasteiger partial charge in [0.15, 0.2) is 5.65 Å². The highest BCUT2D eigenvalue weighted by Crippen LogP contribution is 2.27. The van der Waals surface area contributed by atoms with Gasteiger partial charge < -0.3 is 15.0 Å². The molecule has 2 aromatic heterocycles. The van der Waals surface area contributed by atoms with Crippen LogP contribution in [0.4, 0.5) is 0 Å². The van der Waals surface area contributed by atoms with Crippen LogP contribution >= 0.6 is 0 Å². The smallest absolute Gasteiger partial charge is 0.254 e. The first-order chi connectivity index (χ1) is 12.2. The van der Waals surface area contributed by atoms with Crippen molar-refractivity contribution < 1.29 is 9.90 Å². The average Bonchev–Trinajstić information content (AvgIpc) is 3.28. The Kier molecular flexibility index (Phi) is 3.97. The molecule has 0 spiro atoms. The first-order valence-electron chi connectivity index (χ1n) is 8.50. The van der Waals surface area contributed by atoms with Crippen molar-refractivity contribution in [3.63, 3.8) is 0 Å². The number of aliphatic hydroxyl groups is 1. The van der Waals surface area contributed by atoms with E-state index in [-0.39, 0.29) is 18.6 Å². The molecular formula is C19H20N4O2. The van der Waals surface area contributed by atoms with Gasteiger partial charge in [0.2, 0.25) is 0 Å². The van der Waals surface area contributed by atoms with Gasteiger partial charge in [-0.05, 0) is 43.5 Å². The third-order valence-electron chi connectivity index (χ3n) is 4.87. The Labute approximate surface area is 145 Å². The molecule has 3 heterocycles. The predicted octanol–water partition coefficient (Wildman–Crippen LogP) is 2.53. The molecule has 3 aromatic rings. The van der Waals surface area contributed by atoms with Crippen molar-refractivity contribution in [2.75, 3.05) is 13.2 Å². The number of aromatic amines is 1. The number of benzene rings is 1. The van der Waals surface area contributed by atoms with Gasteiger partial charge >= 0.3 is 0 Å². The van der Waals surface area contributed by atoms with Gasteiger partial charge in [0.25, 0.3) is 5.91 Å². The van der Waals surface area contributed by atoms with E-state index >= 15 is 0 Å². The molecule has 128 valence electrons. The standard InChI is InChI=1S/C19H20N4O2/c1-12-16(9-17-18(22-12)21-11-20-17)13-4-2-5-14(8-13)19(25)23-7-3-6-15(23)10-24/h2,4-5,8-9,11,15,24H,3,6-7,10H2,1H3,(H,20,21,22)/t15-/m0/s1. The topological polar surface area (TPSA) is 82.1 Å². The van der Waals surface area contributed by atoms with Crippen LogP contribution in [0.2, 0.25) is 0 Å². The summed E-state index contributed by atoms with van der Waals surface area (Å²) in [7, 11) is 0. The summed E-state index contributed by atoms with van der Waals surface area (Å²) in [4.78, 5) is 26.4. The SMILES string of the molecule is Cc1nc2nc[nH]c2cc1-c1cccc(C(=O)N2CCC[C@H]2CO)c1. The number of imidazole rings is 1. The first-order valence-corrected chi connectivity index (χ1v) is 8.50. The van der Waals surface area contributed by atoms with Crippen molar-refractivity contribution in [1.82, 2.24) is 19.9 Å². The summed E-state index contributed by atoms with van der Waals surface area (Å²) in [5, 5.41) is 9.47. The number of aliphatic hydroxyl groups excluding tert-OH is 1. The minimum Gasteiger partial charge on any atom is -0.394 e. The Morgan fingerprint density at radius 3 is 3.12 bits per heavy atom. The second kappa shape index (κ2) is 6.29. The third kappa shape index (κ3) is 2.78. The number of amides is 1. The maximum atomic E-state index is 12.8. The van der Waals surface area contributed by atoms with E-state index in [4.69, 9.17) is 0 Å². The van der Waals surface area contributed by atoms with E-state index in [9.17, 15) is 9.90 Å². The minimum absolute atomic E-state index is 0.0188. The third-order valence-corrected chi connectivity index (χ3v) is 4.87. The monoisotopic (exact) mass is 336 g/mol. The summed E-state index contributed by atoms with van der Waals surface area (Å²) in [6.45, 7) is 2.67. The molecule has 6 nitrogen and oxygen atoms in total. The quantitative estimate of drug-likeness (QED) is 0.770. The number of aromatic nitrogens is 3. The van der Waals surface area contributed by atoms with Crippen LogP contribution < -0.4 is 0 Å². The normalized spacial score (nSPS) is 17.4. The van der Waals surface area contributed by atoms with Crippen LogP contribution in [0.3, 0.4) is 0 Å². The molecule has 25 heavy (non-hydrogen) atoms. The number of nitrogens with one attached hydrogen (secondary N) is 1. The zero-order chi connectivity index (χ0) is 17.4. The lowest BCUT2D eigenvalue weighted by molar-refractivity contribution is 0.0677. The molecule has 4 rings (SSSR count). The summed E-state index contributed by atoms with van der Waals surface area (Å²) >= 11 is 0. The lowest BCUT2D eigenvalue weighted by Crippen LogP contribution is -2.37. The molecular weight excluding hydrogens is 316 g/mol. The highest BCUT2D eigenvalue weighted by atomic mass is 16.3. The molecule has 1 saturated heterocycles. The van der Waals surface area contributed by atoms with Crippen molar-refractivity contribution in [2.45, 2.75) is 25.8 Å². The van der Waals surface area contributed by atoms with Crippen LogP contribution in [0, 0.1) is 6.92 Å². The predicted molar refractivity (Wildman–Crippen MR) is 95.2 cm³/mol. The molecule has 1 amide bonds. The molecule has 6 heteroatoms. The van der Waals surface area contributed by atoms with Crippen LogP contribution in [-0.2, 0) is 0 Å². The van der Waals surface area contributed by atoms with E-state index in [2.05, 4.69) is 15.0 Å². The molecule has 1 aliphatic heterocycles. The van der Waals surface area contributed by atoms with Gasteiger partial charge in [-0.15, -0.1) is 0 Å². The second-order valence-corrected chi connectivity index (χ2v) is 6.45. The molecule has 0 radical (unpaired) electrons. The first kappa shape index (κ1) is 15.8. The molecule has 2 N–H and O–H groups in total. The van der Waals surface area contributed by atoms with Crippen molar-refractivity contribution >= 4 is 17.1 Å². The molecule has 0 aliphatic carbocycles.